The van der Waals surface area contributed by atoms with Crippen LogP contribution in [0.15, 0.2) is 24.3 Å². The topological polar surface area (TPSA) is 66.6 Å². The van der Waals surface area contributed by atoms with Gasteiger partial charge in [0.25, 0.3) is 0 Å². The molecular weight excluding hydrogens is 216 g/mol. The van der Waals surface area contributed by atoms with Crippen LogP contribution < -0.4 is 10.6 Å². The van der Waals surface area contributed by atoms with E-state index in [9.17, 15) is 9.90 Å². The summed E-state index contributed by atoms with van der Waals surface area (Å²) in [5.74, 6) is -1.09. The Bertz CT molecular complexity index is 406. The van der Waals surface area contributed by atoms with Gasteiger partial charge in [-0.3, -0.25) is 4.79 Å². The molecule has 1 aromatic rings. The quantitative estimate of drug-likeness (QED) is 0.826. The molecule has 1 aromatic carbocycles. The van der Waals surface area contributed by atoms with Crippen LogP contribution in [0.4, 0.5) is 5.69 Å². The van der Waals surface area contributed by atoms with Gasteiger partial charge in [-0.2, -0.15) is 0 Å². The van der Waals surface area contributed by atoms with E-state index in [1.165, 1.54) is 0 Å². The number of benzene rings is 1. The van der Waals surface area contributed by atoms with Crippen LogP contribution in [0.25, 0.3) is 0 Å². The zero-order chi connectivity index (χ0) is 12.3. The van der Waals surface area contributed by atoms with Gasteiger partial charge in [-0.25, -0.2) is 0 Å². The summed E-state index contributed by atoms with van der Waals surface area (Å²) in [6.07, 6.45) is 1.61. The van der Waals surface area contributed by atoms with Crippen LogP contribution in [0.2, 0.25) is 0 Å². The first-order valence-electron chi connectivity index (χ1n) is 6.00. The van der Waals surface area contributed by atoms with E-state index in [0.29, 0.717) is 13.0 Å². The van der Waals surface area contributed by atoms with E-state index >= 15 is 0 Å². The number of carboxylic acids is 1. The van der Waals surface area contributed by atoms with Gasteiger partial charge < -0.3 is 15.7 Å². The average molecular weight is 234 g/mol. The summed E-state index contributed by atoms with van der Waals surface area (Å²) >= 11 is 0. The Kier molecular flexibility index (Phi) is 3.64. The predicted octanol–water partition coefficient (Wildman–Crippen LogP) is 1.41. The van der Waals surface area contributed by atoms with Gasteiger partial charge in [0.2, 0.25) is 0 Å². The molecule has 1 atom stereocenters. The third kappa shape index (κ3) is 2.42. The molecule has 1 aliphatic rings. The van der Waals surface area contributed by atoms with Crippen molar-refractivity contribution in [1.29, 1.82) is 0 Å². The summed E-state index contributed by atoms with van der Waals surface area (Å²) in [5, 5.41) is 9.21. The minimum Gasteiger partial charge on any atom is -0.481 e. The Balaban J connectivity index is 2.27. The van der Waals surface area contributed by atoms with Gasteiger partial charge in [-0.05, 0) is 31.0 Å². The van der Waals surface area contributed by atoms with E-state index in [0.717, 1.165) is 30.8 Å². The second-order valence-corrected chi connectivity index (χ2v) is 4.37. The first-order chi connectivity index (χ1) is 8.24. The van der Waals surface area contributed by atoms with Gasteiger partial charge in [0, 0.05) is 18.8 Å². The van der Waals surface area contributed by atoms with Crippen LogP contribution in [0.1, 0.15) is 24.3 Å². The van der Waals surface area contributed by atoms with E-state index in [1.54, 1.807) is 0 Å². The number of anilines is 1. The zero-order valence-corrected chi connectivity index (χ0v) is 9.80. The summed E-state index contributed by atoms with van der Waals surface area (Å²) in [6.45, 7) is 2.37. The largest absolute Gasteiger partial charge is 0.481 e. The molecule has 4 heteroatoms. The Morgan fingerprint density at radius 2 is 2.24 bits per heavy atom. The number of fused-ring (bicyclic) bond motifs is 1. The van der Waals surface area contributed by atoms with Crippen LogP contribution in [0.5, 0.6) is 0 Å². The number of aliphatic carboxylic acids is 1. The van der Waals surface area contributed by atoms with E-state index in [2.05, 4.69) is 4.90 Å². The molecule has 0 aromatic heterocycles. The molecule has 0 spiro atoms. The Hall–Kier alpha value is -1.55. The average Bonchev–Trinajstić information content (AvgIpc) is 2.35. The molecule has 0 amide bonds. The SMILES string of the molecule is NCCCN1CCC(C(=O)O)c2ccccc21. The fourth-order valence-electron chi connectivity index (χ4n) is 2.40. The molecule has 2 rings (SSSR count). The van der Waals surface area contributed by atoms with Crippen LogP contribution in [0.3, 0.4) is 0 Å². The second-order valence-electron chi connectivity index (χ2n) is 4.37. The van der Waals surface area contributed by atoms with E-state index in [-0.39, 0.29) is 5.92 Å². The lowest BCUT2D eigenvalue weighted by Gasteiger charge is -2.34. The van der Waals surface area contributed by atoms with Crippen molar-refractivity contribution >= 4 is 11.7 Å². The van der Waals surface area contributed by atoms with Gasteiger partial charge in [0.1, 0.15) is 0 Å². The molecule has 1 unspecified atom stereocenters. The molecule has 0 aliphatic carbocycles. The van der Waals surface area contributed by atoms with Crippen LogP contribution in [0, 0.1) is 0 Å². The smallest absolute Gasteiger partial charge is 0.311 e. The molecule has 17 heavy (non-hydrogen) atoms. The van der Waals surface area contributed by atoms with Gasteiger partial charge >= 0.3 is 5.97 Å². The number of nitrogens with zero attached hydrogens (tertiary/aromatic N) is 1. The van der Waals surface area contributed by atoms with Crippen molar-refractivity contribution in [2.24, 2.45) is 5.73 Å². The molecule has 4 nitrogen and oxygen atoms in total. The van der Waals surface area contributed by atoms with Crippen molar-refractivity contribution in [2.45, 2.75) is 18.8 Å². The van der Waals surface area contributed by atoms with Gasteiger partial charge in [0.05, 0.1) is 5.92 Å². The molecule has 1 heterocycles. The fraction of sp³-hybridized carbons (Fsp3) is 0.462. The maximum absolute atomic E-state index is 11.2. The van der Waals surface area contributed by atoms with Crippen LogP contribution in [-0.4, -0.2) is 30.7 Å². The molecule has 0 fully saturated rings. The number of carbonyl (C=O) groups is 1. The Morgan fingerprint density at radius 3 is 2.94 bits per heavy atom. The summed E-state index contributed by atoms with van der Waals surface area (Å²) in [5.41, 5.74) is 7.51. The third-order valence-electron chi connectivity index (χ3n) is 3.27. The minimum atomic E-state index is -0.726. The highest BCUT2D eigenvalue weighted by atomic mass is 16.4. The zero-order valence-electron chi connectivity index (χ0n) is 9.80. The molecule has 1 aliphatic heterocycles. The number of para-hydroxylation sites is 1. The summed E-state index contributed by atoms with van der Waals surface area (Å²) in [6, 6.07) is 7.78. The lowest BCUT2D eigenvalue weighted by molar-refractivity contribution is -0.139. The normalized spacial score (nSPS) is 18.9. The van der Waals surface area contributed by atoms with Gasteiger partial charge in [-0.15, -0.1) is 0 Å². The monoisotopic (exact) mass is 234 g/mol. The number of rotatable bonds is 4. The predicted molar refractivity (Wildman–Crippen MR) is 67.3 cm³/mol. The van der Waals surface area contributed by atoms with Gasteiger partial charge in [-0.1, -0.05) is 18.2 Å². The van der Waals surface area contributed by atoms with Crippen LogP contribution >= 0.6 is 0 Å². The highest BCUT2D eigenvalue weighted by molar-refractivity contribution is 5.80. The first-order valence-corrected chi connectivity index (χ1v) is 6.00. The standard InChI is InChI=1S/C13H18N2O2/c14-7-3-8-15-9-6-11(13(16)17)10-4-1-2-5-12(10)15/h1-2,4-5,11H,3,6-9,14H2,(H,16,17). The number of hydrogen-bond acceptors (Lipinski definition) is 3. The minimum absolute atomic E-state index is 0.361. The van der Waals surface area contributed by atoms with E-state index in [4.69, 9.17) is 5.73 Å². The third-order valence-corrected chi connectivity index (χ3v) is 3.27. The van der Waals surface area contributed by atoms with Crippen molar-refractivity contribution in [3.63, 3.8) is 0 Å². The summed E-state index contributed by atoms with van der Waals surface area (Å²) < 4.78 is 0. The Morgan fingerprint density at radius 1 is 1.47 bits per heavy atom. The fourth-order valence-corrected chi connectivity index (χ4v) is 2.40. The van der Waals surface area contributed by atoms with Crippen molar-refractivity contribution in [3.05, 3.63) is 29.8 Å². The van der Waals surface area contributed by atoms with Crippen molar-refractivity contribution in [1.82, 2.24) is 0 Å². The van der Waals surface area contributed by atoms with Gasteiger partial charge in [0.15, 0.2) is 0 Å². The highest BCUT2D eigenvalue weighted by Crippen LogP contribution is 2.35. The maximum atomic E-state index is 11.2. The van der Waals surface area contributed by atoms with E-state index in [1.807, 2.05) is 24.3 Å². The first kappa shape index (κ1) is 11.9. The molecule has 3 N–H and O–H groups in total. The molecule has 0 radical (unpaired) electrons. The lowest BCUT2D eigenvalue weighted by atomic mass is 9.90. The van der Waals surface area contributed by atoms with Crippen molar-refractivity contribution in [2.75, 3.05) is 24.5 Å². The van der Waals surface area contributed by atoms with Crippen molar-refractivity contribution < 1.29 is 9.90 Å². The van der Waals surface area contributed by atoms with Crippen molar-refractivity contribution in [3.8, 4) is 0 Å². The second kappa shape index (κ2) is 5.19. The molecule has 0 bridgehead atoms. The molecule has 92 valence electrons. The Labute approximate surface area is 101 Å². The van der Waals surface area contributed by atoms with E-state index < -0.39 is 5.97 Å². The number of hydrogen-bond donors (Lipinski definition) is 2. The summed E-state index contributed by atoms with van der Waals surface area (Å²) in [7, 11) is 0. The summed E-state index contributed by atoms with van der Waals surface area (Å²) in [4.78, 5) is 13.4. The van der Waals surface area contributed by atoms with Crippen LogP contribution in [-0.2, 0) is 4.79 Å². The number of carboxylic acid groups (broad SMARTS) is 1. The lowest BCUT2D eigenvalue weighted by Crippen LogP contribution is -2.34. The highest BCUT2D eigenvalue weighted by Gasteiger charge is 2.29. The molecule has 0 saturated heterocycles. The molecular formula is C13H18N2O2. The maximum Gasteiger partial charge on any atom is 0.311 e. The molecule has 0 saturated carbocycles. The number of nitrogens with two attached hydrogens (primary N) is 1.